The highest BCUT2D eigenvalue weighted by Gasteiger charge is 2.35. The van der Waals surface area contributed by atoms with E-state index in [2.05, 4.69) is 10.6 Å². The molecule has 0 spiro atoms. The van der Waals surface area contributed by atoms with Crippen molar-refractivity contribution in [1.29, 1.82) is 5.26 Å². The number of benzene rings is 3. The maximum atomic E-state index is 14.4. The number of rotatable bonds is 8. The molecule has 5 aromatic rings. The van der Waals surface area contributed by atoms with Crippen LogP contribution in [-0.4, -0.2) is 40.1 Å². The molecule has 0 fully saturated rings. The summed E-state index contributed by atoms with van der Waals surface area (Å²) in [6.45, 7) is 7.32. The molecule has 0 saturated heterocycles. The minimum atomic E-state index is -0.698. The number of aromatic nitrogens is 2. The maximum Gasteiger partial charge on any atom is 0.271 e. The number of hydrogen-bond donors (Lipinski definition) is 0. The van der Waals surface area contributed by atoms with Gasteiger partial charge < -0.3 is 14.2 Å². The quantitative estimate of drug-likeness (QED) is 0.246. The Morgan fingerprint density at radius 3 is 2.53 bits per heavy atom. The Balaban J connectivity index is 1.54. The number of fused-ring (bicyclic) bond motifs is 2. The van der Waals surface area contributed by atoms with Gasteiger partial charge in [0.15, 0.2) is 4.80 Å². The summed E-state index contributed by atoms with van der Waals surface area (Å²) in [5.74, 6) is 0.449. The van der Waals surface area contributed by atoms with Gasteiger partial charge in [0, 0.05) is 47.9 Å². The molecule has 0 bridgehead atoms. The maximum absolute atomic E-state index is 14.4. The van der Waals surface area contributed by atoms with Crippen LogP contribution in [-0.2, 0) is 11.3 Å². The van der Waals surface area contributed by atoms with E-state index in [9.17, 15) is 14.9 Å². The average Bonchev–Trinajstić information content (AvgIpc) is 3.56. The van der Waals surface area contributed by atoms with Gasteiger partial charge in [-0.15, -0.1) is 0 Å². The van der Waals surface area contributed by atoms with E-state index in [4.69, 9.17) is 9.73 Å². The molecule has 3 heterocycles. The fourth-order valence-corrected chi connectivity index (χ4v) is 7.11. The molecule has 1 atom stereocenters. The summed E-state index contributed by atoms with van der Waals surface area (Å²) in [6.07, 6.45) is 3.93. The van der Waals surface area contributed by atoms with Gasteiger partial charge in [0.05, 0.1) is 34.5 Å². The smallest absolute Gasteiger partial charge is 0.271 e. The summed E-state index contributed by atoms with van der Waals surface area (Å²) < 4.78 is 9.99. The van der Waals surface area contributed by atoms with Gasteiger partial charge in [-0.25, -0.2) is 4.99 Å². The summed E-state index contributed by atoms with van der Waals surface area (Å²) in [4.78, 5) is 35.4. The van der Waals surface area contributed by atoms with Crippen LogP contribution in [0, 0.1) is 11.3 Å². The zero-order valence-corrected chi connectivity index (χ0v) is 26.5. The predicted octanol–water partition coefficient (Wildman–Crippen LogP) is 4.99. The van der Waals surface area contributed by atoms with Crippen molar-refractivity contribution in [3.05, 3.63) is 132 Å². The highest BCUT2D eigenvalue weighted by Crippen LogP contribution is 2.36. The number of thiazole rings is 1. The number of para-hydroxylation sites is 2. The third kappa shape index (κ3) is 5.28. The van der Waals surface area contributed by atoms with Gasteiger partial charge in [0.2, 0.25) is 0 Å². The fourth-order valence-electron chi connectivity index (χ4n) is 6.08. The van der Waals surface area contributed by atoms with E-state index < -0.39 is 6.04 Å². The zero-order chi connectivity index (χ0) is 31.7. The first-order valence-electron chi connectivity index (χ1n) is 14.9. The predicted molar refractivity (Wildman–Crippen MR) is 177 cm³/mol. The Labute approximate surface area is 265 Å². The lowest BCUT2D eigenvalue weighted by molar-refractivity contribution is -0.127. The number of likely N-dealkylation sites (N-methyl/N-ethyl adjacent to an activating group) is 1. The van der Waals surface area contributed by atoms with Gasteiger partial charge in [0.1, 0.15) is 11.8 Å². The molecule has 45 heavy (non-hydrogen) atoms. The van der Waals surface area contributed by atoms with E-state index in [1.165, 1.54) is 11.3 Å². The second-order valence-electron chi connectivity index (χ2n) is 10.8. The molecular formula is C36H33N5O3S. The van der Waals surface area contributed by atoms with E-state index in [0.717, 1.165) is 27.6 Å². The van der Waals surface area contributed by atoms with E-state index in [1.54, 1.807) is 16.6 Å². The molecule has 0 radical (unpaired) electrons. The van der Waals surface area contributed by atoms with Crippen LogP contribution in [0.15, 0.2) is 100 Å². The molecule has 8 nitrogen and oxygen atoms in total. The number of methoxy groups -OCH3 is 1. The van der Waals surface area contributed by atoms with Crippen molar-refractivity contribution in [3.8, 4) is 11.8 Å². The highest BCUT2D eigenvalue weighted by molar-refractivity contribution is 7.07. The third-order valence-corrected chi connectivity index (χ3v) is 9.30. The van der Waals surface area contributed by atoms with Gasteiger partial charge in [0.25, 0.3) is 11.5 Å². The average molecular weight is 616 g/mol. The van der Waals surface area contributed by atoms with Crippen molar-refractivity contribution in [2.24, 2.45) is 4.99 Å². The van der Waals surface area contributed by atoms with Gasteiger partial charge in [-0.2, -0.15) is 5.26 Å². The summed E-state index contributed by atoms with van der Waals surface area (Å²) >= 11 is 1.31. The van der Waals surface area contributed by atoms with Gasteiger partial charge in [-0.3, -0.25) is 14.2 Å². The van der Waals surface area contributed by atoms with Crippen molar-refractivity contribution >= 4 is 34.2 Å². The molecule has 0 saturated carbocycles. The SMILES string of the molecule is CCN(CC)C(=O)C1=C(C)N=c2s/c(=C/c3cn(Cc4ccccc4C#N)c4ccccc34)c(=O)n2[C@H]1c1ccccc1OC. The van der Waals surface area contributed by atoms with Crippen LogP contribution in [0.2, 0.25) is 0 Å². The van der Waals surface area contributed by atoms with Gasteiger partial charge in [-0.05, 0) is 50.6 Å². The Morgan fingerprint density at radius 1 is 1.07 bits per heavy atom. The second-order valence-corrected chi connectivity index (χ2v) is 11.8. The Morgan fingerprint density at radius 2 is 1.78 bits per heavy atom. The van der Waals surface area contributed by atoms with E-state index in [-0.39, 0.29) is 11.5 Å². The zero-order valence-electron chi connectivity index (χ0n) is 25.7. The lowest BCUT2D eigenvalue weighted by Gasteiger charge is -2.29. The second kappa shape index (κ2) is 12.4. The van der Waals surface area contributed by atoms with Crippen molar-refractivity contribution in [2.45, 2.75) is 33.4 Å². The lowest BCUT2D eigenvalue weighted by atomic mass is 9.94. The Hall–Kier alpha value is -5.20. The normalized spacial score (nSPS) is 14.6. The minimum Gasteiger partial charge on any atom is -0.496 e. The number of allylic oxidation sites excluding steroid dienone is 1. The molecule has 3 aromatic carbocycles. The Bertz CT molecular complexity index is 2190. The molecule has 1 amide bonds. The van der Waals surface area contributed by atoms with Crippen LogP contribution < -0.4 is 19.6 Å². The number of nitrogens with zero attached hydrogens (tertiary/aromatic N) is 5. The third-order valence-electron chi connectivity index (χ3n) is 8.32. The monoisotopic (exact) mass is 615 g/mol. The van der Waals surface area contributed by atoms with Crippen molar-refractivity contribution < 1.29 is 9.53 Å². The van der Waals surface area contributed by atoms with Crippen molar-refractivity contribution in [3.63, 3.8) is 0 Å². The largest absolute Gasteiger partial charge is 0.496 e. The van der Waals surface area contributed by atoms with Crippen LogP contribution in [0.5, 0.6) is 5.75 Å². The lowest BCUT2D eigenvalue weighted by Crippen LogP contribution is -2.43. The Kier molecular flexibility index (Phi) is 8.24. The first-order chi connectivity index (χ1) is 21.9. The topological polar surface area (TPSA) is 92.6 Å². The van der Waals surface area contributed by atoms with E-state index >= 15 is 0 Å². The highest BCUT2D eigenvalue weighted by atomic mass is 32.1. The van der Waals surface area contributed by atoms with Crippen molar-refractivity contribution in [2.75, 3.05) is 20.2 Å². The van der Waals surface area contributed by atoms with Crippen molar-refractivity contribution in [1.82, 2.24) is 14.0 Å². The molecule has 1 aliphatic rings. The standard InChI is InChI=1S/C36H33N5O3S/c1-5-39(6-2)35(43)32-23(3)38-36-41(33(32)28-16-10-12-18-30(28)44-4)34(42)31(45-36)19-26-22-40(29-17-11-9-15-27(26)29)21-25-14-8-7-13-24(25)20-37/h7-19,22,33H,5-6,21H2,1-4H3/b31-19+/t33-/m0/s1. The summed E-state index contributed by atoms with van der Waals surface area (Å²) in [5, 5.41) is 10.6. The van der Waals surface area contributed by atoms with Gasteiger partial charge >= 0.3 is 0 Å². The number of carbonyl (C=O) groups excluding carboxylic acids is 1. The molecule has 6 rings (SSSR count). The molecule has 0 unspecified atom stereocenters. The molecule has 2 aromatic heterocycles. The first kappa shape index (κ1) is 29.9. The first-order valence-corrected chi connectivity index (χ1v) is 15.7. The molecule has 0 aliphatic carbocycles. The van der Waals surface area contributed by atoms with E-state index in [0.29, 0.717) is 51.6 Å². The van der Waals surface area contributed by atoms with Crippen LogP contribution in [0.1, 0.15) is 49.1 Å². The summed E-state index contributed by atoms with van der Waals surface area (Å²) in [7, 11) is 1.59. The summed E-state index contributed by atoms with van der Waals surface area (Å²) in [6, 6.07) is 24.7. The van der Waals surface area contributed by atoms with Gasteiger partial charge in [-0.1, -0.05) is 65.9 Å². The van der Waals surface area contributed by atoms with Crippen LogP contribution in [0.4, 0.5) is 0 Å². The number of amides is 1. The minimum absolute atomic E-state index is 0.146. The van der Waals surface area contributed by atoms with Crippen LogP contribution >= 0.6 is 11.3 Å². The molecule has 226 valence electrons. The molecular weight excluding hydrogens is 582 g/mol. The molecule has 0 N–H and O–H groups in total. The number of hydrogen-bond acceptors (Lipinski definition) is 6. The summed E-state index contributed by atoms with van der Waals surface area (Å²) in [5.41, 5.74) is 4.99. The van der Waals surface area contributed by atoms with E-state index in [1.807, 2.05) is 106 Å². The number of carbonyl (C=O) groups is 1. The molecule has 1 aliphatic heterocycles. The van der Waals surface area contributed by atoms with Crippen LogP contribution in [0.25, 0.3) is 17.0 Å². The number of nitriles is 1. The van der Waals surface area contributed by atoms with Crippen LogP contribution in [0.3, 0.4) is 0 Å². The molecule has 9 heteroatoms. The number of ether oxygens (including phenoxy) is 1. The fraction of sp³-hybridized carbons (Fsp3) is 0.222.